The van der Waals surface area contributed by atoms with E-state index in [1.54, 1.807) is 35.0 Å². The smallest absolute Gasteiger partial charge is 0.337 e. The van der Waals surface area contributed by atoms with Gasteiger partial charge in [-0.25, -0.2) is 9.78 Å². The number of aromatic nitrogens is 1. The number of anilines is 1. The molecule has 17 heavy (non-hydrogen) atoms. The van der Waals surface area contributed by atoms with Gasteiger partial charge in [0.1, 0.15) is 0 Å². The molecule has 88 valence electrons. The van der Waals surface area contributed by atoms with Gasteiger partial charge in [0.2, 0.25) is 0 Å². The number of nitrogens with one attached hydrogen (secondary N) is 1. The standard InChI is InChI=1S/C12H12N2O2S/c15-12(16)10-3-1-2-4-11(10)13-6-5-9-7-17-8-14-9/h1-4,7-8,13H,5-6H2,(H,15,16). The Morgan fingerprint density at radius 1 is 1.41 bits per heavy atom. The van der Waals surface area contributed by atoms with E-state index in [1.165, 1.54) is 0 Å². The van der Waals surface area contributed by atoms with E-state index in [2.05, 4.69) is 10.3 Å². The molecular weight excluding hydrogens is 236 g/mol. The Morgan fingerprint density at radius 2 is 2.24 bits per heavy atom. The third-order valence-electron chi connectivity index (χ3n) is 2.34. The van der Waals surface area contributed by atoms with Crippen molar-refractivity contribution in [3.8, 4) is 0 Å². The number of hydrogen-bond acceptors (Lipinski definition) is 4. The SMILES string of the molecule is O=C(O)c1ccccc1NCCc1cscn1. The zero-order chi connectivity index (χ0) is 12.1. The first kappa shape index (κ1) is 11.6. The van der Waals surface area contributed by atoms with Crippen molar-refractivity contribution < 1.29 is 9.90 Å². The summed E-state index contributed by atoms with van der Waals surface area (Å²) in [5, 5.41) is 14.1. The number of carboxylic acids is 1. The van der Waals surface area contributed by atoms with Gasteiger partial charge in [0.25, 0.3) is 0 Å². The fraction of sp³-hybridized carbons (Fsp3) is 0.167. The largest absolute Gasteiger partial charge is 0.478 e. The molecule has 5 heteroatoms. The number of thiazole rings is 1. The third kappa shape index (κ3) is 3.04. The second-order valence-electron chi connectivity index (χ2n) is 3.51. The first-order valence-corrected chi connectivity index (χ1v) is 6.15. The number of benzene rings is 1. The average molecular weight is 248 g/mol. The minimum atomic E-state index is -0.915. The Hall–Kier alpha value is -1.88. The summed E-state index contributed by atoms with van der Waals surface area (Å²) in [6.07, 6.45) is 0.789. The van der Waals surface area contributed by atoms with Gasteiger partial charge in [-0.1, -0.05) is 12.1 Å². The van der Waals surface area contributed by atoms with Gasteiger partial charge in [-0.2, -0.15) is 0 Å². The zero-order valence-corrected chi connectivity index (χ0v) is 9.91. The van der Waals surface area contributed by atoms with Crippen LogP contribution in [0.1, 0.15) is 16.1 Å². The molecule has 0 aliphatic rings. The van der Waals surface area contributed by atoms with E-state index in [0.29, 0.717) is 17.8 Å². The highest BCUT2D eigenvalue weighted by Gasteiger charge is 2.07. The zero-order valence-electron chi connectivity index (χ0n) is 9.09. The van der Waals surface area contributed by atoms with Gasteiger partial charge in [-0.05, 0) is 12.1 Å². The quantitative estimate of drug-likeness (QED) is 0.853. The molecule has 0 saturated heterocycles. The summed E-state index contributed by atoms with van der Waals surface area (Å²) in [6.45, 7) is 0.675. The second-order valence-corrected chi connectivity index (χ2v) is 4.23. The molecule has 2 aromatic rings. The second kappa shape index (κ2) is 5.45. The topological polar surface area (TPSA) is 62.2 Å². The van der Waals surface area contributed by atoms with Crippen molar-refractivity contribution >= 4 is 23.0 Å². The molecule has 2 N–H and O–H groups in total. The maximum Gasteiger partial charge on any atom is 0.337 e. The molecule has 0 atom stereocenters. The van der Waals surface area contributed by atoms with Crippen LogP contribution in [0.15, 0.2) is 35.2 Å². The number of hydrogen-bond donors (Lipinski definition) is 2. The van der Waals surface area contributed by atoms with E-state index in [0.717, 1.165) is 12.1 Å². The lowest BCUT2D eigenvalue weighted by molar-refractivity contribution is 0.0698. The Bertz CT molecular complexity index is 497. The van der Waals surface area contributed by atoms with Crippen LogP contribution in [0, 0.1) is 0 Å². The predicted octanol–water partition coefficient (Wildman–Crippen LogP) is 2.50. The highest BCUT2D eigenvalue weighted by Crippen LogP contribution is 2.14. The van der Waals surface area contributed by atoms with Crippen molar-refractivity contribution in [3.05, 3.63) is 46.4 Å². The number of para-hydroxylation sites is 1. The maximum atomic E-state index is 11.0. The van der Waals surface area contributed by atoms with E-state index < -0.39 is 5.97 Å². The first-order valence-electron chi connectivity index (χ1n) is 5.20. The predicted molar refractivity (Wildman–Crippen MR) is 67.7 cm³/mol. The molecule has 0 aliphatic carbocycles. The van der Waals surface area contributed by atoms with Crippen molar-refractivity contribution in [1.29, 1.82) is 0 Å². The highest BCUT2D eigenvalue weighted by molar-refractivity contribution is 7.07. The maximum absolute atomic E-state index is 11.0. The Kier molecular flexibility index (Phi) is 3.72. The Labute approximate surface area is 103 Å². The first-order chi connectivity index (χ1) is 8.27. The molecule has 1 heterocycles. The van der Waals surface area contributed by atoms with E-state index in [9.17, 15) is 4.79 Å². The van der Waals surface area contributed by atoms with Crippen LogP contribution in [0.2, 0.25) is 0 Å². The van der Waals surface area contributed by atoms with Crippen LogP contribution in [0.4, 0.5) is 5.69 Å². The van der Waals surface area contributed by atoms with E-state index in [1.807, 2.05) is 11.4 Å². The number of rotatable bonds is 5. The fourth-order valence-corrected chi connectivity index (χ4v) is 2.10. The van der Waals surface area contributed by atoms with Crippen LogP contribution in [-0.4, -0.2) is 22.6 Å². The molecule has 0 amide bonds. The summed E-state index contributed by atoms with van der Waals surface area (Å²) >= 11 is 1.56. The lowest BCUT2D eigenvalue weighted by atomic mass is 10.2. The molecule has 0 radical (unpaired) electrons. The fourth-order valence-electron chi connectivity index (χ4n) is 1.51. The molecule has 0 bridgehead atoms. The normalized spacial score (nSPS) is 10.1. The van der Waals surface area contributed by atoms with Crippen LogP contribution < -0.4 is 5.32 Å². The van der Waals surface area contributed by atoms with Crippen molar-refractivity contribution in [2.24, 2.45) is 0 Å². The van der Waals surface area contributed by atoms with E-state index in [4.69, 9.17) is 5.11 Å². The Morgan fingerprint density at radius 3 is 2.94 bits per heavy atom. The highest BCUT2D eigenvalue weighted by atomic mass is 32.1. The lowest BCUT2D eigenvalue weighted by Crippen LogP contribution is -2.09. The lowest BCUT2D eigenvalue weighted by Gasteiger charge is -2.08. The van der Waals surface area contributed by atoms with Crippen molar-refractivity contribution in [2.75, 3.05) is 11.9 Å². The number of aromatic carboxylic acids is 1. The summed E-state index contributed by atoms with van der Waals surface area (Å²) < 4.78 is 0. The molecule has 0 saturated carbocycles. The van der Waals surface area contributed by atoms with E-state index in [-0.39, 0.29) is 0 Å². The van der Waals surface area contributed by atoms with Gasteiger partial charge in [-0.15, -0.1) is 11.3 Å². The van der Waals surface area contributed by atoms with Crippen molar-refractivity contribution in [1.82, 2.24) is 4.98 Å². The molecular formula is C12H12N2O2S. The van der Waals surface area contributed by atoms with Gasteiger partial charge >= 0.3 is 5.97 Å². The Balaban J connectivity index is 1.97. The van der Waals surface area contributed by atoms with Gasteiger partial charge in [0.15, 0.2) is 0 Å². The van der Waals surface area contributed by atoms with E-state index >= 15 is 0 Å². The van der Waals surface area contributed by atoms with Crippen LogP contribution in [0.25, 0.3) is 0 Å². The summed E-state index contributed by atoms with van der Waals surface area (Å²) in [4.78, 5) is 15.1. The van der Waals surface area contributed by atoms with Gasteiger partial charge in [0.05, 0.1) is 16.8 Å². The van der Waals surface area contributed by atoms with Gasteiger partial charge in [-0.3, -0.25) is 0 Å². The summed E-state index contributed by atoms with van der Waals surface area (Å²) in [5.74, 6) is -0.915. The number of nitrogens with zero attached hydrogens (tertiary/aromatic N) is 1. The molecule has 4 nitrogen and oxygen atoms in total. The summed E-state index contributed by atoms with van der Waals surface area (Å²) in [7, 11) is 0. The molecule has 1 aromatic carbocycles. The van der Waals surface area contributed by atoms with Crippen LogP contribution in [-0.2, 0) is 6.42 Å². The molecule has 0 aliphatic heterocycles. The van der Waals surface area contributed by atoms with Crippen molar-refractivity contribution in [3.63, 3.8) is 0 Å². The molecule has 0 unspecified atom stereocenters. The van der Waals surface area contributed by atoms with Crippen LogP contribution in [0.5, 0.6) is 0 Å². The summed E-state index contributed by atoms with van der Waals surface area (Å²) in [5.41, 5.74) is 3.76. The molecule has 2 rings (SSSR count). The van der Waals surface area contributed by atoms with Crippen LogP contribution in [0.3, 0.4) is 0 Å². The number of carbonyl (C=O) groups is 1. The summed E-state index contributed by atoms with van der Waals surface area (Å²) in [6, 6.07) is 6.89. The molecule has 0 spiro atoms. The number of carboxylic acid groups (broad SMARTS) is 1. The minimum Gasteiger partial charge on any atom is -0.478 e. The average Bonchev–Trinajstić information content (AvgIpc) is 2.82. The monoisotopic (exact) mass is 248 g/mol. The van der Waals surface area contributed by atoms with Gasteiger partial charge in [0, 0.05) is 24.0 Å². The minimum absolute atomic E-state index is 0.297. The van der Waals surface area contributed by atoms with Gasteiger partial charge < -0.3 is 10.4 Å². The molecule has 1 aromatic heterocycles. The van der Waals surface area contributed by atoms with Crippen molar-refractivity contribution in [2.45, 2.75) is 6.42 Å². The third-order valence-corrected chi connectivity index (χ3v) is 2.97. The molecule has 0 fully saturated rings. The van der Waals surface area contributed by atoms with Crippen LogP contribution >= 0.6 is 11.3 Å².